The van der Waals surface area contributed by atoms with Crippen molar-refractivity contribution >= 4 is 5.69 Å². The van der Waals surface area contributed by atoms with Crippen molar-refractivity contribution in [3.05, 3.63) is 29.8 Å². The number of hydrogen-bond donors (Lipinski definition) is 1. The normalized spacial score (nSPS) is 18.2. The summed E-state index contributed by atoms with van der Waals surface area (Å²) in [7, 11) is 0. The van der Waals surface area contributed by atoms with Crippen molar-refractivity contribution in [3.63, 3.8) is 0 Å². The quantitative estimate of drug-likeness (QED) is 0.732. The van der Waals surface area contributed by atoms with E-state index < -0.39 is 11.7 Å². The Morgan fingerprint density at radius 3 is 2.14 bits per heavy atom. The fraction of sp³-hybridized carbons (Fsp3) is 0.647. The van der Waals surface area contributed by atoms with Gasteiger partial charge in [0.15, 0.2) is 0 Å². The highest BCUT2D eigenvalue weighted by atomic mass is 19.4. The number of nitrogens with one attached hydrogen (secondary N) is 1. The smallest absolute Gasteiger partial charge is 0.384 e. The van der Waals surface area contributed by atoms with E-state index in [1.54, 1.807) is 0 Å². The standard InChI is InChI=1S/C17H24F3N/c1-13(2)11-16(9-3-4-10-16)12-21-15-7-5-14(6-8-15)17(18,19)20/h5-8,13,21H,3-4,9-12H2,1-2H3. The van der Waals surface area contributed by atoms with Crippen LogP contribution in [0.2, 0.25) is 0 Å². The topological polar surface area (TPSA) is 12.0 Å². The summed E-state index contributed by atoms with van der Waals surface area (Å²) in [6.07, 6.45) is 1.89. The molecule has 0 heterocycles. The fourth-order valence-electron chi connectivity index (χ4n) is 3.51. The molecular formula is C17H24F3N. The minimum atomic E-state index is -4.26. The van der Waals surface area contributed by atoms with E-state index in [0.29, 0.717) is 11.3 Å². The van der Waals surface area contributed by atoms with Gasteiger partial charge >= 0.3 is 6.18 Å². The van der Waals surface area contributed by atoms with Crippen LogP contribution in [0, 0.1) is 11.3 Å². The first-order valence-electron chi connectivity index (χ1n) is 7.72. The monoisotopic (exact) mass is 299 g/mol. The highest BCUT2D eigenvalue weighted by Crippen LogP contribution is 2.43. The molecule has 0 unspecified atom stereocenters. The third-order valence-corrected chi connectivity index (χ3v) is 4.39. The average molecular weight is 299 g/mol. The average Bonchev–Trinajstić information content (AvgIpc) is 2.84. The van der Waals surface area contributed by atoms with Gasteiger partial charge in [-0.1, -0.05) is 26.7 Å². The molecule has 1 aromatic rings. The molecule has 1 aliphatic rings. The Morgan fingerprint density at radius 1 is 1.10 bits per heavy atom. The van der Waals surface area contributed by atoms with E-state index in [9.17, 15) is 13.2 Å². The summed E-state index contributed by atoms with van der Waals surface area (Å²) in [5.41, 5.74) is 0.500. The Labute approximate surface area is 124 Å². The molecule has 1 aliphatic carbocycles. The molecule has 0 atom stereocenters. The van der Waals surface area contributed by atoms with Gasteiger partial charge in [-0.2, -0.15) is 13.2 Å². The van der Waals surface area contributed by atoms with Gasteiger partial charge in [-0.3, -0.25) is 0 Å². The molecule has 0 bridgehead atoms. The van der Waals surface area contributed by atoms with Crippen molar-refractivity contribution in [3.8, 4) is 0 Å². The maximum absolute atomic E-state index is 12.5. The third kappa shape index (κ3) is 4.39. The first kappa shape index (κ1) is 16.2. The molecule has 4 heteroatoms. The second kappa shape index (κ2) is 6.29. The summed E-state index contributed by atoms with van der Waals surface area (Å²) in [6, 6.07) is 5.35. The lowest BCUT2D eigenvalue weighted by Gasteiger charge is -2.31. The SMILES string of the molecule is CC(C)CC1(CNc2ccc(C(F)(F)F)cc2)CCCC1. The Hall–Kier alpha value is -1.19. The zero-order valence-electron chi connectivity index (χ0n) is 12.8. The van der Waals surface area contributed by atoms with Gasteiger partial charge in [0.05, 0.1) is 5.56 Å². The van der Waals surface area contributed by atoms with E-state index in [0.717, 1.165) is 24.4 Å². The van der Waals surface area contributed by atoms with Gasteiger partial charge in [0.2, 0.25) is 0 Å². The molecule has 0 amide bonds. The number of hydrogen-bond acceptors (Lipinski definition) is 1. The van der Waals surface area contributed by atoms with E-state index in [2.05, 4.69) is 19.2 Å². The van der Waals surface area contributed by atoms with Crippen LogP contribution in [0.15, 0.2) is 24.3 Å². The predicted octanol–water partition coefficient (Wildman–Crippen LogP) is 5.72. The molecule has 0 aliphatic heterocycles. The highest BCUT2D eigenvalue weighted by Gasteiger charge is 2.34. The minimum absolute atomic E-state index is 0.316. The van der Waals surface area contributed by atoms with Crippen molar-refractivity contribution in [1.29, 1.82) is 0 Å². The summed E-state index contributed by atoms with van der Waals surface area (Å²) < 4.78 is 37.6. The van der Waals surface area contributed by atoms with Gasteiger partial charge in [0.1, 0.15) is 0 Å². The Morgan fingerprint density at radius 2 is 1.67 bits per heavy atom. The summed E-state index contributed by atoms with van der Waals surface area (Å²) >= 11 is 0. The van der Waals surface area contributed by atoms with Crippen LogP contribution >= 0.6 is 0 Å². The zero-order valence-corrected chi connectivity index (χ0v) is 12.8. The highest BCUT2D eigenvalue weighted by molar-refractivity contribution is 5.45. The number of rotatable bonds is 5. The van der Waals surface area contributed by atoms with Crippen molar-refractivity contribution in [2.75, 3.05) is 11.9 Å². The number of benzene rings is 1. The molecule has 0 aromatic heterocycles. The van der Waals surface area contributed by atoms with Crippen molar-refractivity contribution < 1.29 is 13.2 Å². The third-order valence-electron chi connectivity index (χ3n) is 4.39. The molecule has 21 heavy (non-hydrogen) atoms. The molecule has 0 radical (unpaired) electrons. The van der Waals surface area contributed by atoms with Crippen molar-refractivity contribution in [2.24, 2.45) is 11.3 Å². The summed E-state index contributed by atoms with van der Waals surface area (Å²) in [5, 5.41) is 3.34. The molecule has 118 valence electrons. The number of anilines is 1. The Bertz CT molecular complexity index is 442. The van der Waals surface area contributed by atoms with E-state index >= 15 is 0 Å². The van der Waals surface area contributed by atoms with Crippen LogP contribution in [0.3, 0.4) is 0 Å². The Balaban J connectivity index is 1.98. The van der Waals surface area contributed by atoms with E-state index in [-0.39, 0.29) is 0 Å². The second-order valence-electron chi connectivity index (χ2n) is 6.73. The molecule has 0 saturated heterocycles. The van der Waals surface area contributed by atoms with Gasteiger partial charge in [-0.15, -0.1) is 0 Å². The van der Waals surface area contributed by atoms with Crippen LogP contribution in [-0.2, 0) is 6.18 Å². The fourth-order valence-corrected chi connectivity index (χ4v) is 3.51. The summed E-state index contributed by atoms with van der Waals surface area (Å²) in [4.78, 5) is 0. The molecule has 1 N–H and O–H groups in total. The Kier molecular flexibility index (Phi) is 4.84. The minimum Gasteiger partial charge on any atom is -0.384 e. The van der Waals surface area contributed by atoms with Gasteiger partial charge < -0.3 is 5.32 Å². The van der Waals surface area contributed by atoms with E-state index in [1.165, 1.54) is 44.2 Å². The second-order valence-corrected chi connectivity index (χ2v) is 6.73. The van der Waals surface area contributed by atoms with Gasteiger partial charge in [-0.05, 0) is 54.9 Å². The van der Waals surface area contributed by atoms with Crippen molar-refractivity contribution in [2.45, 2.75) is 52.1 Å². The van der Waals surface area contributed by atoms with Gasteiger partial charge in [0, 0.05) is 12.2 Å². The van der Waals surface area contributed by atoms with Gasteiger partial charge in [-0.25, -0.2) is 0 Å². The van der Waals surface area contributed by atoms with E-state index in [1.807, 2.05) is 0 Å². The van der Waals surface area contributed by atoms with Crippen LogP contribution in [-0.4, -0.2) is 6.54 Å². The molecule has 1 fully saturated rings. The summed E-state index contributed by atoms with van der Waals surface area (Å²) in [6.45, 7) is 5.33. The molecular weight excluding hydrogens is 275 g/mol. The van der Waals surface area contributed by atoms with Crippen LogP contribution < -0.4 is 5.32 Å². The van der Waals surface area contributed by atoms with Crippen LogP contribution in [0.5, 0.6) is 0 Å². The number of alkyl halides is 3. The molecule has 1 aromatic carbocycles. The first-order valence-corrected chi connectivity index (χ1v) is 7.72. The maximum atomic E-state index is 12.5. The van der Waals surface area contributed by atoms with Crippen molar-refractivity contribution in [1.82, 2.24) is 0 Å². The zero-order chi connectivity index (χ0) is 15.5. The lowest BCUT2D eigenvalue weighted by molar-refractivity contribution is -0.137. The van der Waals surface area contributed by atoms with Crippen LogP contribution in [0.25, 0.3) is 0 Å². The van der Waals surface area contributed by atoms with E-state index in [4.69, 9.17) is 0 Å². The molecule has 1 nitrogen and oxygen atoms in total. The summed E-state index contributed by atoms with van der Waals surface area (Å²) in [5.74, 6) is 0.650. The maximum Gasteiger partial charge on any atom is 0.416 e. The van der Waals surface area contributed by atoms with Crippen LogP contribution in [0.4, 0.5) is 18.9 Å². The molecule has 1 saturated carbocycles. The largest absolute Gasteiger partial charge is 0.416 e. The van der Waals surface area contributed by atoms with Gasteiger partial charge in [0.25, 0.3) is 0 Å². The first-order chi connectivity index (χ1) is 9.81. The van der Waals surface area contributed by atoms with Crippen LogP contribution in [0.1, 0.15) is 51.5 Å². The lowest BCUT2D eigenvalue weighted by atomic mass is 9.78. The predicted molar refractivity (Wildman–Crippen MR) is 80.3 cm³/mol. The number of halogens is 3. The lowest BCUT2D eigenvalue weighted by Crippen LogP contribution is -2.28. The molecule has 0 spiro atoms. The molecule has 2 rings (SSSR count).